The van der Waals surface area contributed by atoms with Gasteiger partial charge in [0, 0.05) is 6.20 Å². The Morgan fingerprint density at radius 2 is 2.47 bits per heavy atom. The topological polar surface area (TPSA) is 60.9 Å². The molecule has 74 valence electrons. The lowest BCUT2D eigenvalue weighted by atomic mass is 10.2. The summed E-state index contributed by atoms with van der Waals surface area (Å²) in [6.45, 7) is 0. The Bertz CT molecular complexity index is 534. The molecule has 2 heterocycles. The van der Waals surface area contributed by atoms with Crippen molar-refractivity contribution in [2.75, 3.05) is 0 Å². The summed E-state index contributed by atoms with van der Waals surface area (Å²) in [6, 6.07) is 3.77. The second-order valence-electron chi connectivity index (χ2n) is 2.80. The molecule has 0 atom stereocenters. The minimum atomic E-state index is -0.613. The molecule has 4 nitrogen and oxygen atoms in total. The van der Waals surface area contributed by atoms with E-state index in [9.17, 15) is 4.79 Å². The van der Waals surface area contributed by atoms with Crippen LogP contribution in [-0.4, -0.2) is 15.7 Å². The molecule has 2 rings (SSSR count). The number of hydrogen-bond donors (Lipinski definition) is 1. The molecule has 0 aromatic carbocycles. The van der Waals surface area contributed by atoms with Crippen LogP contribution in [0.1, 0.15) is 16.1 Å². The zero-order chi connectivity index (χ0) is 10.8. The zero-order valence-electron chi connectivity index (χ0n) is 7.68. The Labute approximate surface area is 90.3 Å². The average Bonchev–Trinajstić information content (AvgIpc) is 2.86. The van der Waals surface area contributed by atoms with Gasteiger partial charge in [-0.3, -0.25) is 4.79 Å². The molecule has 0 saturated heterocycles. The van der Waals surface area contributed by atoms with E-state index in [0.717, 1.165) is 5.00 Å². The van der Waals surface area contributed by atoms with Crippen LogP contribution in [0.5, 0.6) is 0 Å². The van der Waals surface area contributed by atoms with E-state index >= 15 is 0 Å². The maximum absolute atomic E-state index is 11.0. The monoisotopic (exact) mass is 217 g/mol. The van der Waals surface area contributed by atoms with E-state index < -0.39 is 5.91 Å². The first-order valence-electron chi connectivity index (χ1n) is 4.12. The second-order valence-corrected chi connectivity index (χ2v) is 3.72. The number of aromatic nitrogens is 2. The molecule has 15 heavy (non-hydrogen) atoms. The first-order valence-corrected chi connectivity index (χ1v) is 5.00. The van der Waals surface area contributed by atoms with E-state index in [4.69, 9.17) is 12.2 Å². The van der Waals surface area contributed by atoms with Gasteiger partial charge >= 0.3 is 0 Å². The highest BCUT2D eigenvalue weighted by Crippen LogP contribution is 2.16. The first kappa shape index (κ1) is 9.49. The van der Waals surface area contributed by atoms with Gasteiger partial charge in [0.25, 0.3) is 5.91 Å². The van der Waals surface area contributed by atoms with Gasteiger partial charge in [0.05, 0.1) is 5.56 Å². The maximum atomic E-state index is 11.0. The summed E-state index contributed by atoms with van der Waals surface area (Å²) in [5, 5.41) is 6.83. The molecule has 1 amide bonds. The smallest absolute Gasteiger partial charge is 0.270 e. The van der Waals surface area contributed by atoms with Crippen LogP contribution in [0.15, 0.2) is 23.7 Å². The van der Waals surface area contributed by atoms with Gasteiger partial charge in [-0.05, 0) is 17.5 Å². The summed E-state index contributed by atoms with van der Waals surface area (Å²) in [4.78, 5) is 11.0. The Morgan fingerprint density at radius 3 is 2.93 bits per heavy atom. The number of carbonyl (C=O) groups excluding carboxylic acids is 1. The van der Waals surface area contributed by atoms with E-state index in [0.29, 0.717) is 5.56 Å². The fourth-order valence-corrected chi connectivity index (χ4v) is 1.83. The molecule has 0 saturated carbocycles. The quantitative estimate of drug-likeness (QED) is 0.763. The second kappa shape index (κ2) is 3.59. The van der Waals surface area contributed by atoms with Crippen molar-refractivity contribution < 1.29 is 4.79 Å². The van der Waals surface area contributed by atoms with Crippen LogP contribution >= 0.6 is 11.3 Å². The largest absolute Gasteiger partial charge is 0.364 e. The van der Waals surface area contributed by atoms with E-state index in [-0.39, 0.29) is 5.69 Å². The van der Waals surface area contributed by atoms with Gasteiger partial charge in [-0.2, -0.15) is 5.10 Å². The zero-order valence-corrected chi connectivity index (χ0v) is 8.49. The Morgan fingerprint density at radius 1 is 1.67 bits per heavy atom. The van der Waals surface area contributed by atoms with Crippen LogP contribution in [0.2, 0.25) is 0 Å². The minimum absolute atomic E-state index is 0.130. The van der Waals surface area contributed by atoms with Gasteiger partial charge in [-0.25, -0.2) is 4.68 Å². The minimum Gasteiger partial charge on any atom is -0.364 e. The number of nitrogens with two attached hydrogens (primary N) is 1. The van der Waals surface area contributed by atoms with Gasteiger partial charge in [0.1, 0.15) is 5.00 Å². The van der Waals surface area contributed by atoms with Crippen molar-refractivity contribution in [2.45, 2.75) is 0 Å². The Hall–Kier alpha value is -2.06. The molecule has 0 fully saturated rings. The number of hydrogen-bond acceptors (Lipinski definition) is 3. The van der Waals surface area contributed by atoms with Crippen molar-refractivity contribution in [3.8, 4) is 17.3 Å². The molecular weight excluding hydrogens is 210 g/mol. The number of primary amides is 1. The highest BCUT2D eigenvalue weighted by molar-refractivity contribution is 7.12. The van der Waals surface area contributed by atoms with Crippen molar-refractivity contribution >= 4 is 17.2 Å². The lowest BCUT2D eigenvalue weighted by Gasteiger charge is -1.92. The molecule has 0 aliphatic rings. The van der Waals surface area contributed by atoms with Crippen molar-refractivity contribution in [1.29, 1.82) is 0 Å². The third kappa shape index (κ3) is 1.63. The Kier molecular flexibility index (Phi) is 2.27. The first-order chi connectivity index (χ1) is 7.22. The average molecular weight is 217 g/mol. The number of carbonyl (C=O) groups is 1. The van der Waals surface area contributed by atoms with Gasteiger partial charge in [0.2, 0.25) is 0 Å². The number of terminal acetylenes is 1. The van der Waals surface area contributed by atoms with Gasteiger partial charge in [0.15, 0.2) is 5.69 Å². The summed E-state index contributed by atoms with van der Waals surface area (Å²) in [7, 11) is 0. The third-order valence-corrected chi connectivity index (χ3v) is 2.69. The van der Waals surface area contributed by atoms with Gasteiger partial charge in [-0.1, -0.05) is 5.92 Å². The fourth-order valence-electron chi connectivity index (χ4n) is 1.17. The van der Waals surface area contributed by atoms with Crippen LogP contribution < -0.4 is 5.73 Å². The number of rotatable bonds is 2. The summed E-state index contributed by atoms with van der Waals surface area (Å²) in [6.07, 6.45) is 6.86. The number of amides is 1. The molecule has 0 spiro atoms. The number of thiophene rings is 1. The highest BCUT2D eigenvalue weighted by atomic mass is 32.1. The molecule has 0 bridgehead atoms. The third-order valence-electron chi connectivity index (χ3n) is 1.84. The molecular formula is C10H7N3OS. The summed E-state index contributed by atoms with van der Waals surface area (Å²) in [5.41, 5.74) is 5.69. The van der Waals surface area contributed by atoms with Crippen molar-refractivity contribution in [2.24, 2.45) is 5.73 Å². The SMILES string of the molecule is C#Cc1cn(-c2cccs2)nc1C(N)=O. The lowest BCUT2D eigenvalue weighted by Crippen LogP contribution is -2.13. The highest BCUT2D eigenvalue weighted by Gasteiger charge is 2.13. The van der Waals surface area contributed by atoms with Crippen LogP contribution in [0.3, 0.4) is 0 Å². The summed E-state index contributed by atoms with van der Waals surface area (Å²) >= 11 is 1.50. The van der Waals surface area contributed by atoms with Crippen LogP contribution in [0, 0.1) is 12.3 Å². The van der Waals surface area contributed by atoms with E-state index in [2.05, 4.69) is 11.0 Å². The molecule has 2 aromatic heterocycles. The summed E-state index contributed by atoms with van der Waals surface area (Å²) in [5.74, 6) is 1.77. The molecule has 0 radical (unpaired) electrons. The summed E-state index contributed by atoms with van der Waals surface area (Å²) < 4.78 is 1.56. The van der Waals surface area contributed by atoms with Gasteiger partial charge < -0.3 is 5.73 Å². The fraction of sp³-hybridized carbons (Fsp3) is 0. The lowest BCUT2D eigenvalue weighted by molar-refractivity contribution is 0.0995. The molecule has 5 heteroatoms. The van der Waals surface area contributed by atoms with Crippen LogP contribution in [0.4, 0.5) is 0 Å². The predicted molar refractivity (Wildman–Crippen MR) is 57.9 cm³/mol. The molecule has 0 aliphatic carbocycles. The molecule has 0 aliphatic heterocycles. The van der Waals surface area contributed by atoms with Crippen LogP contribution in [-0.2, 0) is 0 Å². The molecule has 2 aromatic rings. The van der Waals surface area contributed by atoms with Crippen LogP contribution in [0.25, 0.3) is 5.00 Å². The molecule has 0 unspecified atom stereocenters. The van der Waals surface area contributed by atoms with Crippen molar-refractivity contribution in [3.63, 3.8) is 0 Å². The van der Waals surface area contributed by atoms with Gasteiger partial charge in [-0.15, -0.1) is 17.8 Å². The van der Waals surface area contributed by atoms with E-state index in [1.165, 1.54) is 11.3 Å². The Balaban J connectivity index is 2.54. The van der Waals surface area contributed by atoms with E-state index in [1.54, 1.807) is 10.9 Å². The van der Waals surface area contributed by atoms with Crippen molar-refractivity contribution in [3.05, 3.63) is 35.0 Å². The van der Waals surface area contributed by atoms with E-state index in [1.807, 2.05) is 17.5 Å². The molecule has 2 N–H and O–H groups in total. The predicted octanol–water partition coefficient (Wildman–Crippen LogP) is 1.01. The maximum Gasteiger partial charge on any atom is 0.270 e. The number of nitrogens with zero attached hydrogens (tertiary/aromatic N) is 2. The standard InChI is InChI=1S/C10H7N3OS/c1-2-7-6-13(8-4-3-5-15-8)12-9(7)10(11)14/h1,3-6H,(H2,11,14). The van der Waals surface area contributed by atoms with Crippen molar-refractivity contribution in [1.82, 2.24) is 9.78 Å². The normalized spacial score (nSPS) is 9.80.